The van der Waals surface area contributed by atoms with Crippen LogP contribution in [0.15, 0.2) is 0 Å². The molecule has 0 amide bonds. The smallest absolute Gasteiger partial charge is 0.303 e. The molecule has 0 unspecified atom stereocenters. The van der Waals surface area contributed by atoms with Crippen LogP contribution in [0.1, 0.15) is 59.8 Å². The Bertz CT molecular complexity index is 1010. The number of ether oxygens (including phenoxy) is 6. The number of esters is 3. The summed E-state index contributed by atoms with van der Waals surface area (Å²) >= 11 is 0. The second-order valence-electron chi connectivity index (χ2n) is 13.0. The summed E-state index contributed by atoms with van der Waals surface area (Å²) in [6.07, 6.45) is 2.12. The Labute approximate surface area is 237 Å². The van der Waals surface area contributed by atoms with E-state index in [4.69, 9.17) is 28.4 Å². The number of methoxy groups -OCH3 is 3. The molecule has 0 spiro atoms. The van der Waals surface area contributed by atoms with Crippen LogP contribution in [-0.4, -0.2) is 100 Å². The number of hydrogen-bond acceptors (Lipinski definition) is 10. The Hall–Kier alpha value is -1.75. The highest BCUT2D eigenvalue weighted by Gasteiger charge is 2.77. The lowest BCUT2D eigenvalue weighted by molar-refractivity contribution is -0.249. The second kappa shape index (κ2) is 10.8. The minimum Gasteiger partial charge on any atom is -0.462 e. The summed E-state index contributed by atoms with van der Waals surface area (Å²) in [6.45, 7) is 9.36. The number of likely N-dealkylation sites (tertiary alicyclic amines) is 1. The molecule has 4 aliphatic carbocycles. The van der Waals surface area contributed by atoms with Crippen LogP contribution in [0.25, 0.3) is 0 Å². The van der Waals surface area contributed by atoms with Crippen LogP contribution < -0.4 is 0 Å². The fourth-order valence-corrected chi connectivity index (χ4v) is 10.5. The molecule has 0 N–H and O–H groups in total. The lowest BCUT2D eigenvalue weighted by Gasteiger charge is -2.66. The van der Waals surface area contributed by atoms with Gasteiger partial charge in [0.25, 0.3) is 0 Å². The molecule has 1 aliphatic heterocycles. The summed E-state index contributed by atoms with van der Waals surface area (Å²) in [4.78, 5) is 40.0. The third-order valence-electron chi connectivity index (χ3n) is 11.3. The molecule has 10 heteroatoms. The number of fused-ring (bicyclic) bond motifs is 1. The van der Waals surface area contributed by atoms with E-state index in [0.717, 1.165) is 32.5 Å². The van der Waals surface area contributed by atoms with E-state index in [9.17, 15) is 14.4 Å². The SMILES string of the molecule is CCN1C[C@@]23CC[C@@H](OC(C)=O)[C@@](COC)(C1)[C@H]2[C@@H](OC)C[C@H]1C[C@H](OC)[C@@]2(OC(C)=O)C[C@@H]3[C@@H]1[C@H]2OC(C)=O. The van der Waals surface area contributed by atoms with Crippen LogP contribution in [-0.2, 0) is 42.8 Å². The Balaban J connectivity index is 1.73. The Morgan fingerprint density at radius 3 is 2.20 bits per heavy atom. The maximum absolute atomic E-state index is 12.6. The molecule has 0 aromatic rings. The summed E-state index contributed by atoms with van der Waals surface area (Å²) in [5.74, 6) is -0.829. The van der Waals surface area contributed by atoms with E-state index < -0.39 is 29.2 Å². The van der Waals surface area contributed by atoms with Gasteiger partial charge in [-0.3, -0.25) is 14.4 Å². The molecule has 0 radical (unpaired) electrons. The number of rotatable bonds is 8. The van der Waals surface area contributed by atoms with Gasteiger partial charge in [0, 0.05) is 72.4 Å². The highest BCUT2D eigenvalue weighted by molar-refractivity contribution is 5.68. The molecule has 0 aromatic heterocycles. The maximum Gasteiger partial charge on any atom is 0.303 e. The van der Waals surface area contributed by atoms with Crippen molar-refractivity contribution < 1.29 is 42.8 Å². The van der Waals surface area contributed by atoms with Crippen molar-refractivity contribution in [1.29, 1.82) is 0 Å². The Morgan fingerprint density at radius 2 is 1.62 bits per heavy atom. The summed E-state index contributed by atoms with van der Waals surface area (Å²) in [5, 5.41) is 0. The van der Waals surface area contributed by atoms with Gasteiger partial charge in [-0.15, -0.1) is 0 Å². The highest BCUT2D eigenvalue weighted by atomic mass is 16.6. The van der Waals surface area contributed by atoms with Crippen LogP contribution in [0.3, 0.4) is 0 Å². The lowest BCUT2D eigenvalue weighted by atomic mass is 9.45. The van der Waals surface area contributed by atoms with Gasteiger partial charge in [-0.25, -0.2) is 0 Å². The fourth-order valence-electron chi connectivity index (χ4n) is 10.5. The van der Waals surface area contributed by atoms with Crippen LogP contribution in [0.2, 0.25) is 0 Å². The van der Waals surface area contributed by atoms with Crippen LogP contribution in [0.4, 0.5) is 0 Å². The molecule has 10 nitrogen and oxygen atoms in total. The average molecular weight is 566 g/mol. The zero-order valence-corrected chi connectivity index (χ0v) is 25.1. The largest absolute Gasteiger partial charge is 0.462 e. The third-order valence-corrected chi connectivity index (χ3v) is 11.3. The quantitative estimate of drug-likeness (QED) is 0.322. The van der Waals surface area contributed by atoms with E-state index in [1.807, 2.05) is 0 Å². The van der Waals surface area contributed by atoms with Gasteiger partial charge >= 0.3 is 17.9 Å². The molecule has 4 bridgehead atoms. The second-order valence-corrected chi connectivity index (χ2v) is 13.0. The molecular weight excluding hydrogens is 518 g/mol. The van der Waals surface area contributed by atoms with Crippen molar-refractivity contribution in [2.24, 2.45) is 34.5 Å². The molecule has 5 fully saturated rings. The molecule has 226 valence electrons. The van der Waals surface area contributed by atoms with Gasteiger partial charge in [-0.1, -0.05) is 6.92 Å². The zero-order chi connectivity index (χ0) is 29.0. The minimum atomic E-state index is -1.05. The van der Waals surface area contributed by atoms with E-state index in [-0.39, 0.29) is 53.2 Å². The molecule has 0 aromatic carbocycles. The Morgan fingerprint density at radius 1 is 0.900 bits per heavy atom. The predicted octanol–water partition coefficient (Wildman–Crippen LogP) is 2.61. The van der Waals surface area contributed by atoms with Crippen LogP contribution >= 0.6 is 0 Å². The summed E-state index contributed by atoms with van der Waals surface area (Å²) < 4.78 is 36.9. The van der Waals surface area contributed by atoms with Crippen molar-refractivity contribution in [3.05, 3.63) is 0 Å². The van der Waals surface area contributed by atoms with Gasteiger partial charge in [0.15, 0.2) is 5.60 Å². The third kappa shape index (κ3) is 4.31. The zero-order valence-electron chi connectivity index (χ0n) is 25.1. The average Bonchev–Trinajstić information content (AvgIpc) is 3.04. The van der Waals surface area contributed by atoms with Crippen molar-refractivity contribution in [3.63, 3.8) is 0 Å². The van der Waals surface area contributed by atoms with E-state index in [1.54, 1.807) is 21.3 Å². The summed E-state index contributed by atoms with van der Waals surface area (Å²) in [5.41, 5.74) is -1.79. The van der Waals surface area contributed by atoms with E-state index >= 15 is 0 Å². The van der Waals surface area contributed by atoms with Gasteiger partial charge in [-0.05, 0) is 55.9 Å². The number of carbonyl (C=O) groups excluding carboxylic acids is 3. The normalized spacial score (nSPS) is 45.7. The van der Waals surface area contributed by atoms with Gasteiger partial charge in [0.2, 0.25) is 0 Å². The van der Waals surface area contributed by atoms with Crippen molar-refractivity contribution in [2.45, 2.75) is 89.8 Å². The van der Waals surface area contributed by atoms with E-state index in [0.29, 0.717) is 25.9 Å². The monoisotopic (exact) mass is 565 g/mol. The molecule has 1 saturated heterocycles. The van der Waals surface area contributed by atoms with Crippen LogP contribution in [0.5, 0.6) is 0 Å². The van der Waals surface area contributed by atoms with Crippen LogP contribution in [0, 0.1) is 34.5 Å². The first kappa shape index (κ1) is 29.7. The van der Waals surface area contributed by atoms with Crippen molar-refractivity contribution in [3.8, 4) is 0 Å². The van der Waals surface area contributed by atoms with Gasteiger partial charge < -0.3 is 33.3 Å². The van der Waals surface area contributed by atoms with E-state index in [2.05, 4.69) is 11.8 Å². The molecule has 1 heterocycles. The first-order valence-electron chi connectivity index (χ1n) is 14.8. The molecule has 4 saturated carbocycles. The van der Waals surface area contributed by atoms with E-state index in [1.165, 1.54) is 20.8 Å². The number of piperidine rings is 1. The molecule has 5 aliphatic rings. The topological polar surface area (TPSA) is 110 Å². The van der Waals surface area contributed by atoms with Crippen molar-refractivity contribution in [2.75, 3.05) is 47.6 Å². The standard InChI is InChI=1S/C30H47NO9/c1-8-31-14-28-10-9-23(38-17(2)32)29(15-31,16-35-5)26(28)22(36-6)11-20-12-24(37-7)30(40-19(4)34)13-21(28)25(20)27(30)39-18(3)33/h20-27H,8-16H2,1-7H3/t20-,21+,22-,23+,24-,25+,26-,27+,28+,29-,30-/m0/s1. The van der Waals surface area contributed by atoms with Crippen molar-refractivity contribution in [1.82, 2.24) is 4.90 Å². The Kier molecular flexibility index (Phi) is 8.05. The number of carbonyl (C=O) groups is 3. The molecule has 11 atom stereocenters. The number of hydrogen-bond donors (Lipinski definition) is 0. The molecule has 5 rings (SSSR count). The van der Waals surface area contributed by atoms with Gasteiger partial charge in [0.05, 0.1) is 12.7 Å². The van der Waals surface area contributed by atoms with Gasteiger partial charge in [0.1, 0.15) is 18.3 Å². The van der Waals surface area contributed by atoms with Gasteiger partial charge in [-0.2, -0.15) is 0 Å². The predicted molar refractivity (Wildman–Crippen MR) is 143 cm³/mol. The van der Waals surface area contributed by atoms with Crippen molar-refractivity contribution >= 4 is 17.9 Å². The minimum absolute atomic E-state index is 0.0142. The highest BCUT2D eigenvalue weighted by Crippen LogP contribution is 2.71. The summed E-state index contributed by atoms with van der Waals surface area (Å²) in [6, 6.07) is 0. The molecular formula is C30H47NO9. The first-order valence-corrected chi connectivity index (χ1v) is 14.8. The first-order chi connectivity index (χ1) is 19.0. The number of nitrogens with zero attached hydrogens (tertiary/aromatic N) is 1. The fraction of sp³-hybridized carbons (Fsp3) is 0.900. The summed E-state index contributed by atoms with van der Waals surface area (Å²) in [7, 11) is 5.15. The maximum atomic E-state index is 12.6. The lowest BCUT2D eigenvalue weighted by Crippen LogP contribution is -2.72. The molecule has 40 heavy (non-hydrogen) atoms.